The maximum absolute atomic E-state index is 12.8. The number of aromatic nitrogens is 2. The Morgan fingerprint density at radius 3 is 2.70 bits per heavy atom. The number of carbonyl (C=O) groups excluding carboxylic acids is 1. The summed E-state index contributed by atoms with van der Waals surface area (Å²) in [5, 5.41) is 7.65. The number of hydrogen-bond donors (Lipinski definition) is 2. The molecule has 0 fully saturated rings. The summed E-state index contributed by atoms with van der Waals surface area (Å²) in [6, 6.07) is 15.2. The van der Waals surface area contributed by atoms with Gasteiger partial charge in [-0.3, -0.25) is 9.59 Å². The van der Waals surface area contributed by atoms with Crippen LogP contribution in [0.1, 0.15) is 22.3 Å². The summed E-state index contributed by atoms with van der Waals surface area (Å²) in [6.45, 7) is 2.44. The first-order chi connectivity index (χ1) is 14.5. The Kier molecular flexibility index (Phi) is 7.68. The largest absolute Gasteiger partial charge is 0.352 e. The molecule has 0 bridgehead atoms. The Balaban J connectivity index is 1.67. The van der Waals surface area contributed by atoms with E-state index in [0.29, 0.717) is 35.1 Å². The average molecular weight is 443 g/mol. The van der Waals surface area contributed by atoms with E-state index in [4.69, 9.17) is 17.3 Å². The van der Waals surface area contributed by atoms with E-state index in [1.165, 1.54) is 16.4 Å². The standard InChI is InChI=1S/C22H23ClN4O2S/c1-15-12-26-27(14-30-19-5-3-2-4-6-19)22(29)20(15)10-21(28)25-13-17-9-18(23)8-7-16(17)11-24/h2-9,12H,10-11,13-14,24H2,1H3,(H,25,28). The van der Waals surface area contributed by atoms with Gasteiger partial charge in [0.15, 0.2) is 0 Å². The maximum atomic E-state index is 12.8. The van der Waals surface area contributed by atoms with Crippen LogP contribution in [0.5, 0.6) is 0 Å². The minimum absolute atomic E-state index is 0.0122. The quantitative estimate of drug-likeness (QED) is 0.522. The van der Waals surface area contributed by atoms with Gasteiger partial charge in [-0.15, -0.1) is 11.8 Å². The summed E-state index contributed by atoms with van der Waals surface area (Å²) < 4.78 is 1.39. The third-order valence-electron chi connectivity index (χ3n) is 4.66. The smallest absolute Gasteiger partial charge is 0.271 e. The van der Waals surface area contributed by atoms with Gasteiger partial charge in [-0.2, -0.15) is 5.10 Å². The molecular formula is C22H23ClN4O2S. The molecule has 3 N–H and O–H groups in total. The van der Waals surface area contributed by atoms with Crippen LogP contribution in [-0.4, -0.2) is 15.7 Å². The van der Waals surface area contributed by atoms with Gasteiger partial charge < -0.3 is 11.1 Å². The molecular weight excluding hydrogens is 420 g/mol. The van der Waals surface area contributed by atoms with Crippen molar-refractivity contribution in [1.29, 1.82) is 0 Å². The summed E-state index contributed by atoms with van der Waals surface area (Å²) in [6.07, 6.45) is 1.61. The third-order valence-corrected chi connectivity index (χ3v) is 5.87. The van der Waals surface area contributed by atoms with Crippen molar-refractivity contribution in [3.8, 4) is 0 Å². The molecule has 1 heterocycles. The molecule has 8 heteroatoms. The van der Waals surface area contributed by atoms with E-state index in [2.05, 4.69) is 10.4 Å². The van der Waals surface area contributed by atoms with E-state index in [1.807, 2.05) is 36.4 Å². The Bertz CT molecular complexity index is 1090. The molecule has 0 saturated heterocycles. The van der Waals surface area contributed by atoms with Gasteiger partial charge in [-0.05, 0) is 47.9 Å². The summed E-state index contributed by atoms with van der Waals surface area (Å²) in [5.74, 6) is 0.131. The number of carbonyl (C=O) groups is 1. The topological polar surface area (TPSA) is 90.0 Å². The van der Waals surface area contributed by atoms with Gasteiger partial charge in [-0.1, -0.05) is 35.9 Å². The lowest BCUT2D eigenvalue weighted by molar-refractivity contribution is -0.120. The average Bonchev–Trinajstić information content (AvgIpc) is 2.75. The van der Waals surface area contributed by atoms with Crippen molar-refractivity contribution in [2.45, 2.75) is 37.2 Å². The second-order valence-corrected chi connectivity index (χ2v) is 8.22. The molecule has 1 aromatic heterocycles. The molecule has 3 rings (SSSR count). The fourth-order valence-electron chi connectivity index (χ4n) is 2.95. The van der Waals surface area contributed by atoms with Gasteiger partial charge in [0.25, 0.3) is 5.56 Å². The highest BCUT2D eigenvalue weighted by atomic mass is 35.5. The fraction of sp³-hybridized carbons (Fsp3) is 0.227. The lowest BCUT2D eigenvalue weighted by Crippen LogP contribution is -2.32. The van der Waals surface area contributed by atoms with Crippen LogP contribution in [0.15, 0.2) is 64.4 Å². The molecule has 0 radical (unpaired) electrons. The van der Waals surface area contributed by atoms with Crippen molar-refractivity contribution >= 4 is 29.3 Å². The molecule has 0 atom stereocenters. The normalized spacial score (nSPS) is 10.8. The highest BCUT2D eigenvalue weighted by Gasteiger charge is 2.14. The van der Waals surface area contributed by atoms with Gasteiger partial charge in [0.05, 0.1) is 18.5 Å². The van der Waals surface area contributed by atoms with Crippen LogP contribution in [0.25, 0.3) is 0 Å². The van der Waals surface area contributed by atoms with Gasteiger partial charge in [-0.25, -0.2) is 4.68 Å². The second kappa shape index (κ2) is 10.4. The zero-order valence-corrected chi connectivity index (χ0v) is 18.2. The maximum Gasteiger partial charge on any atom is 0.271 e. The van der Waals surface area contributed by atoms with Crippen molar-refractivity contribution in [1.82, 2.24) is 15.1 Å². The van der Waals surface area contributed by atoms with E-state index < -0.39 is 0 Å². The van der Waals surface area contributed by atoms with E-state index in [-0.39, 0.29) is 17.9 Å². The first-order valence-corrected chi connectivity index (χ1v) is 10.8. The Morgan fingerprint density at radius 2 is 1.97 bits per heavy atom. The molecule has 0 saturated carbocycles. The molecule has 0 unspecified atom stereocenters. The zero-order valence-electron chi connectivity index (χ0n) is 16.6. The number of benzene rings is 2. The van der Waals surface area contributed by atoms with E-state index in [9.17, 15) is 9.59 Å². The summed E-state index contributed by atoms with van der Waals surface area (Å²) >= 11 is 7.55. The van der Waals surface area contributed by atoms with Crippen molar-refractivity contribution in [2.75, 3.05) is 0 Å². The molecule has 30 heavy (non-hydrogen) atoms. The van der Waals surface area contributed by atoms with Crippen LogP contribution in [0.3, 0.4) is 0 Å². The van der Waals surface area contributed by atoms with E-state index in [1.54, 1.807) is 25.3 Å². The molecule has 1 amide bonds. The van der Waals surface area contributed by atoms with Crippen LogP contribution < -0.4 is 16.6 Å². The minimum Gasteiger partial charge on any atom is -0.352 e. The number of amides is 1. The number of thioether (sulfide) groups is 1. The second-order valence-electron chi connectivity index (χ2n) is 6.77. The Morgan fingerprint density at radius 1 is 1.20 bits per heavy atom. The van der Waals surface area contributed by atoms with Gasteiger partial charge >= 0.3 is 0 Å². The molecule has 2 aromatic carbocycles. The number of rotatable bonds is 8. The van der Waals surface area contributed by atoms with Gasteiger partial charge in [0.1, 0.15) is 0 Å². The minimum atomic E-state index is -0.251. The summed E-state index contributed by atoms with van der Waals surface area (Å²) in [4.78, 5) is 26.4. The van der Waals surface area contributed by atoms with Crippen LogP contribution in [0.4, 0.5) is 0 Å². The lowest BCUT2D eigenvalue weighted by Gasteiger charge is -2.12. The van der Waals surface area contributed by atoms with E-state index in [0.717, 1.165) is 16.0 Å². The van der Waals surface area contributed by atoms with Gasteiger partial charge in [0, 0.05) is 28.6 Å². The first kappa shape index (κ1) is 22.1. The molecule has 0 aliphatic carbocycles. The SMILES string of the molecule is Cc1cnn(CSc2ccccc2)c(=O)c1CC(=O)NCc1cc(Cl)ccc1CN. The summed E-state index contributed by atoms with van der Waals surface area (Å²) in [5.41, 5.74) is 8.42. The Labute approximate surface area is 184 Å². The molecule has 6 nitrogen and oxygen atoms in total. The van der Waals surface area contributed by atoms with Crippen LogP contribution >= 0.6 is 23.4 Å². The molecule has 3 aromatic rings. The predicted octanol–water partition coefficient (Wildman–Crippen LogP) is 3.27. The van der Waals surface area contributed by atoms with Crippen molar-refractivity contribution in [3.05, 3.63) is 92.4 Å². The number of aryl methyl sites for hydroxylation is 1. The molecule has 0 spiro atoms. The highest BCUT2D eigenvalue weighted by molar-refractivity contribution is 7.98. The number of nitrogens with one attached hydrogen (secondary N) is 1. The third kappa shape index (κ3) is 5.72. The first-order valence-electron chi connectivity index (χ1n) is 9.45. The lowest BCUT2D eigenvalue weighted by atomic mass is 10.1. The fourth-order valence-corrected chi connectivity index (χ4v) is 3.95. The number of halogens is 1. The van der Waals surface area contributed by atoms with Crippen molar-refractivity contribution in [2.24, 2.45) is 5.73 Å². The monoisotopic (exact) mass is 442 g/mol. The van der Waals surface area contributed by atoms with E-state index >= 15 is 0 Å². The van der Waals surface area contributed by atoms with Crippen LogP contribution in [0, 0.1) is 6.92 Å². The summed E-state index contributed by atoms with van der Waals surface area (Å²) in [7, 11) is 0. The van der Waals surface area contributed by atoms with Gasteiger partial charge in [0.2, 0.25) is 5.91 Å². The predicted molar refractivity (Wildman–Crippen MR) is 120 cm³/mol. The van der Waals surface area contributed by atoms with Crippen LogP contribution in [-0.2, 0) is 30.2 Å². The zero-order chi connectivity index (χ0) is 21.5. The molecule has 156 valence electrons. The number of nitrogens with zero attached hydrogens (tertiary/aromatic N) is 2. The van der Waals surface area contributed by atoms with Crippen molar-refractivity contribution < 1.29 is 4.79 Å². The molecule has 0 aliphatic heterocycles. The van der Waals surface area contributed by atoms with Crippen LogP contribution in [0.2, 0.25) is 5.02 Å². The Hall–Kier alpha value is -2.61. The number of nitrogens with two attached hydrogens (primary N) is 1. The molecule has 0 aliphatic rings. The number of hydrogen-bond acceptors (Lipinski definition) is 5. The highest BCUT2D eigenvalue weighted by Crippen LogP contribution is 2.18. The van der Waals surface area contributed by atoms with Crippen molar-refractivity contribution in [3.63, 3.8) is 0 Å².